The minimum absolute atomic E-state index is 1.31. The second kappa shape index (κ2) is 8.19. The van der Waals surface area contributed by atoms with Crippen LogP contribution in [0.3, 0.4) is 0 Å². The second-order valence-electron chi connectivity index (χ2n) is 9.52. The van der Waals surface area contributed by atoms with Crippen molar-refractivity contribution in [3.63, 3.8) is 0 Å². The predicted molar refractivity (Wildman–Crippen MR) is 138 cm³/mol. The molecule has 0 aliphatic rings. The van der Waals surface area contributed by atoms with E-state index >= 15 is 0 Å². The van der Waals surface area contributed by atoms with E-state index in [0.717, 1.165) is 0 Å². The first-order chi connectivity index (χ1) is 14.4. The molecule has 0 heterocycles. The number of anilines is 3. The number of hydrogen-bond donors (Lipinski definition) is 0. The van der Waals surface area contributed by atoms with E-state index in [-0.39, 0.29) is 0 Å². The van der Waals surface area contributed by atoms with E-state index in [1.165, 1.54) is 83.8 Å². The van der Waals surface area contributed by atoms with Gasteiger partial charge in [0.1, 0.15) is 0 Å². The molecule has 1 nitrogen and oxygen atoms in total. The fraction of sp³-hybridized carbons (Fsp3) is 0.400. The van der Waals surface area contributed by atoms with Crippen LogP contribution >= 0.6 is 0 Å². The lowest BCUT2D eigenvalue weighted by Crippen LogP contribution is -2.20. The first-order valence-corrected chi connectivity index (χ1v) is 11.4. The molecule has 0 spiro atoms. The molecule has 0 bridgehead atoms. The van der Waals surface area contributed by atoms with E-state index in [2.05, 4.69) is 106 Å². The van der Waals surface area contributed by atoms with Crippen LogP contribution in [0.2, 0.25) is 0 Å². The highest BCUT2D eigenvalue weighted by atomic mass is 15.2. The third-order valence-corrected chi connectivity index (χ3v) is 8.03. The highest BCUT2D eigenvalue weighted by molar-refractivity contribution is 5.88. The van der Waals surface area contributed by atoms with Gasteiger partial charge in [0.2, 0.25) is 0 Å². The van der Waals surface area contributed by atoms with Crippen molar-refractivity contribution in [2.75, 3.05) is 4.90 Å². The van der Waals surface area contributed by atoms with Gasteiger partial charge in [-0.2, -0.15) is 0 Å². The molecule has 0 amide bonds. The molecule has 0 aromatic heterocycles. The van der Waals surface area contributed by atoms with E-state index in [1.54, 1.807) is 0 Å². The van der Waals surface area contributed by atoms with Crippen molar-refractivity contribution in [1.82, 2.24) is 0 Å². The summed E-state index contributed by atoms with van der Waals surface area (Å²) in [6.45, 7) is 27.3. The molecule has 0 aliphatic heterocycles. The largest absolute Gasteiger partial charge is 0.309 e. The van der Waals surface area contributed by atoms with Crippen LogP contribution < -0.4 is 4.90 Å². The van der Waals surface area contributed by atoms with Gasteiger partial charge in [0.25, 0.3) is 0 Å². The Balaban J connectivity index is 2.59. The van der Waals surface area contributed by atoms with Crippen LogP contribution in [0.25, 0.3) is 0 Å². The van der Waals surface area contributed by atoms with Gasteiger partial charge in [-0.3, -0.25) is 0 Å². The van der Waals surface area contributed by atoms with E-state index in [9.17, 15) is 0 Å². The number of rotatable bonds is 3. The number of hydrogen-bond acceptors (Lipinski definition) is 1. The molecule has 1 heteroatoms. The topological polar surface area (TPSA) is 3.24 Å². The van der Waals surface area contributed by atoms with Gasteiger partial charge in [0, 0.05) is 0 Å². The molecular formula is C30H39N. The molecule has 0 saturated carbocycles. The molecule has 0 N–H and O–H groups in total. The summed E-state index contributed by atoms with van der Waals surface area (Å²) in [5, 5.41) is 0. The fourth-order valence-corrected chi connectivity index (χ4v) is 5.13. The summed E-state index contributed by atoms with van der Waals surface area (Å²) in [5.41, 5.74) is 20.5. The zero-order valence-electron chi connectivity index (χ0n) is 21.7. The number of para-hydroxylation sites is 1. The van der Waals surface area contributed by atoms with E-state index in [0.29, 0.717) is 0 Å². The van der Waals surface area contributed by atoms with Gasteiger partial charge in [-0.05, 0) is 150 Å². The van der Waals surface area contributed by atoms with Crippen molar-refractivity contribution < 1.29 is 0 Å². The summed E-state index contributed by atoms with van der Waals surface area (Å²) in [6.07, 6.45) is 0. The molecule has 0 aliphatic carbocycles. The van der Waals surface area contributed by atoms with Crippen LogP contribution in [-0.2, 0) is 0 Å². The Labute approximate surface area is 190 Å². The van der Waals surface area contributed by atoms with E-state index < -0.39 is 0 Å². The van der Waals surface area contributed by atoms with Crippen LogP contribution in [0.4, 0.5) is 17.1 Å². The van der Waals surface area contributed by atoms with Gasteiger partial charge in [-0.25, -0.2) is 0 Å². The second-order valence-corrected chi connectivity index (χ2v) is 9.52. The van der Waals surface area contributed by atoms with Gasteiger partial charge < -0.3 is 4.90 Å². The minimum atomic E-state index is 1.31. The minimum Gasteiger partial charge on any atom is -0.309 e. The molecule has 3 rings (SSSR count). The Morgan fingerprint density at radius 3 is 0.903 bits per heavy atom. The van der Waals surface area contributed by atoms with Crippen LogP contribution in [-0.4, -0.2) is 0 Å². The van der Waals surface area contributed by atoms with Gasteiger partial charge in [0.15, 0.2) is 0 Å². The van der Waals surface area contributed by atoms with Crippen molar-refractivity contribution in [1.29, 1.82) is 0 Å². The first kappa shape index (κ1) is 23.1. The molecule has 0 atom stereocenters. The van der Waals surface area contributed by atoms with E-state index in [4.69, 9.17) is 0 Å². The lowest BCUT2D eigenvalue weighted by molar-refractivity contribution is 1.08. The Bertz CT molecular complexity index is 1050. The third-order valence-electron chi connectivity index (χ3n) is 8.03. The summed E-state index contributed by atoms with van der Waals surface area (Å²) in [5.74, 6) is 0. The van der Waals surface area contributed by atoms with Gasteiger partial charge >= 0.3 is 0 Å². The Morgan fingerprint density at radius 1 is 0.355 bits per heavy atom. The smallest absolute Gasteiger partial charge is 0.0525 e. The molecule has 3 aromatic carbocycles. The average molecular weight is 414 g/mol. The van der Waals surface area contributed by atoms with Crippen molar-refractivity contribution in [3.05, 3.63) is 85.0 Å². The van der Waals surface area contributed by atoms with Crippen molar-refractivity contribution in [2.24, 2.45) is 0 Å². The quantitative estimate of drug-likeness (QED) is 0.414. The summed E-state index contributed by atoms with van der Waals surface area (Å²) in [6, 6.07) is 6.65. The number of nitrogens with zero attached hydrogens (tertiary/aromatic N) is 1. The SMILES string of the molecule is Cc1cccc(C)c1N(c1c(C)c(C)c(C)c(C)c1C)c1c(C)c(C)c(C)c(C)c1C. The highest BCUT2D eigenvalue weighted by Gasteiger charge is 2.27. The molecule has 0 saturated heterocycles. The van der Waals surface area contributed by atoms with E-state index in [1.807, 2.05) is 0 Å². The summed E-state index contributed by atoms with van der Waals surface area (Å²) in [7, 11) is 0. The number of benzene rings is 3. The monoisotopic (exact) mass is 413 g/mol. The maximum absolute atomic E-state index is 2.58. The Hall–Kier alpha value is -2.54. The predicted octanol–water partition coefficient (Wildman–Crippen LogP) is 8.86. The molecule has 0 fully saturated rings. The van der Waals surface area contributed by atoms with Gasteiger partial charge in [-0.15, -0.1) is 0 Å². The third kappa shape index (κ3) is 3.49. The van der Waals surface area contributed by atoms with Gasteiger partial charge in [-0.1, -0.05) is 18.2 Å². The average Bonchev–Trinajstić information content (AvgIpc) is 2.73. The van der Waals surface area contributed by atoms with Crippen LogP contribution in [0.15, 0.2) is 18.2 Å². The highest BCUT2D eigenvalue weighted by Crippen LogP contribution is 2.47. The maximum Gasteiger partial charge on any atom is 0.0525 e. The fourth-order valence-electron chi connectivity index (χ4n) is 5.13. The van der Waals surface area contributed by atoms with Crippen LogP contribution in [0.5, 0.6) is 0 Å². The molecule has 0 radical (unpaired) electrons. The molecule has 31 heavy (non-hydrogen) atoms. The number of aryl methyl sites for hydroxylation is 2. The van der Waals surface area contributed by atoms with Gasteiger partial charge in [0.05, 0.1) is 17.1 Å². The molecule has 164 valence electrons. The standard InChI is InChI=1S/C30H39N/c1-16-14-13-15-17(2)28(16)31(29-24(9)20(5)18(3)21(6)25(29)10)30-26(11)22(7)19(4)23(8)27(30)12/h13-15H,1-12H3. The summed E-state index contributed by atoms with van der Waals surface area (Å²) >= 11 is 0. The Morgan fingerprint density at radius 2 is 0.613 bits per heavy atom. The lowest BCUT2D eigenvalue weighted by atomic mass is 9.88. The Kier molecular flexibility index (Phi) is 6.11. The lowest BCUT2D eigenvalue weighted by Gasteiger charge is -2.36. The summed E-state index contributed by atoms with van der Waals surface area (Å²) in [4.78, 5) is 2.58. The van der Waals surface area contributed by atoms with Crippen LogP contribution in [0, 0.1) is 83.1 Å². The molecular weight excluding hydrogens is 374 g/mol. The zero-order valence-corrected chi connectivity index (χ0v) is 21.7. The van der Waals surface area contributed by atoms with Crippen molar-refractivity contribution in [2.45, 2.75) is 83.1 Å². The van der Waals surface area contributed by atoms with Crippen LogP contribution in [0.1, 0.15) is 66.8 Å². The zero-order chi connectivity index (χ0) is 23.4. The first-order valence-electron chi connectivity index (χ1n) is 11.4. The molecule has 3 aromatic rings. The van der Waals surface area contributed by atoms with Crippen molar-refractivity contribution >= 4 is 17.1 Å². The normalized spacial score (nSPS) is 11.2. The summed E-state index contributed by atoms with van der Waals surface area (Å²) < 4.78 is 0. The maximum atomic E-state index is 2.58. The van der Waals surface area contributed by atoms with Crippen molar-refractivity contribution in [3.8, 4) is 0 Å². The molecule has 0 unspecified atom stereocenters.